The Labute approximate surface area is 163 Å². The second-order valence-electron chi connectivity index (χ2n) is 7.06. The van der Waals surface area contributed by atoms with Crippen molar-refractivity contribution in [1.29, 1.82) is 0 Å². The van der Waals surface area contributed by atoms with Crippen LogP contribution in [0.3, 0.4) is 0 Å². The number of amides is 2. The highest BCUT2D eigenvalue weighted by Gasteiger charge is 2.24. The van der Waals surface area contributed by atoms with Crippen molar-refractivity contribution in [3.05, 3.63) is 24.3 Å². The number of nitrogens with one attached hydrogen (secondary N) is 1. The largest absolute Gasteiger partial charge is 0.433 e. The Hall–Kier alpha value is -2.26. The molecular weight excluding hydrogens is 370 g/mol. The van der Waals surface area contributed by atoms with Crippen molar-refractivity contribution in [1.82, 2.24) is 14.7 Å². The molecule has 2 aliphatic rings. The molecule has 2 fully saturated rings. The van der Waals surface area contributed by atoms with E-state index in [9.17, 15) is 18.4 Å². The summed E-state index contributed by atoms with van der Waals surface area (Å²) >= 11 is 0. The first-order valence-electron chi connectivity index (χ1n) is 9.57. The molecule has 2 aliphatic heterocycles. The lowest BCUT2D eigenvalue weighted by Gasteiger charge is -2.34. The Morgan fingerprint density at radius 1 is 0.964 bits per heavy atom. The molecule has 3 rings (SSSR count). The molecule has 2 heterocycles. The van der Waals surface area contributed by atoms with E-state index in [0.717, 1.165) is 39.0 Å². The minimum atomic E-state index is -2.95. The number of piperazine rings is 1. The maximum absolute atomic E-state index is 12.5. The number of ether oxygens (including phenoxy) is 1. The van der Waals surface area contributed by atoms with Gasteiger partial charge in [0.1, 0.15) is 5.75 Å². The van der Waals surface area contributed by atoms with E-state index in [4.69, 9.17) is 0 Å². The van der Waals surface area contributed by atoms with Gasteiger partial charge in [0.2, 0.25) is 11.8 Å². The Morgan fingerprint density at radius 3 is 2.21 bits per heavy atom. The molecule has 9 heteroatoms. The van der Waals surface area contributed by atoms with Gasteiger partial charge >= 0.3 is 6.61 Å². The van der Waals surface area contributed by atoms with Crippen molar-refractivity contribution in [2.75, 3.05) is 57.7 Å². The number of hydrogen-bond donors (Lipinski definition) is 1. The number of rotatable bonds is 7. The van der Waals surface area contributed by atoms with E-state index in [-0.39, 0.29) is 29.8 Å². The van der Waals surface area contributed by atoms with Crippen LogP contribution in [0.4, 0.5) is 14.5 Å². The van der Waals surface area contributed by atoms with E-state index in [1.807, 2.05) is 9.80 Å². The minimum Gasteiger partial charge on any atom is -0.433 e. The average molecular weight is 396 g/mol. The summed E-state index contributed by atoms with van der Waals surface area (Å²) in [6, 6.07) is 6.12. The summed E-state index contributed by atoms with van der Waals surface area (Å²) in [5.74, 6) is -0.165. The van der Waals surface area contributed by atoms with Gasteiger partial charge in [-0.1, -0.05) is 12.1 Å². The van der Waals surface area contributed by atoms with Crippen LogP contribution in [-0.2, 0) is 9.59 Å². The Kier molecular flexibility index (Phi) is 7.16. The fraction of sp³-hybridized carbons (Fsp3) is 0.579. The zero-order valence-corrected chi connectivity index (χ0v) is 15.8. The highest BCUT2D eigenvalue weighted by Crippen LogP contribution is 2.25. The van der Waals surface area contributed by atoms with E-state index in [0.29, 0.717) is 19.6 Å². The Bertz CT molecular complexity index is 675. The first kappa shape index (κ1) is 20.5. The number of alkyl halides is 2. The van der Waals surface area contributed by atoms with E-state index in [1.54, 1.807) is 12.1 Å². The predicted octanol–water partition coefficient (Wildman–Crippen LogP) is 1.47. The van der Waals surface area contributed by atoms with Gasteiger partial charge in [-0.15, -0.1) is 0 Å². The van der Waals surface area contributed by atoms with Gasteiger partial charge in [-0.3, -0.25) is 19.4 Å². The molecular formula is C19H26F2N4O3. The molecule has 0 aromatic heterocycles. The van der Waals surface area contributed by atoms with Crippen molar-refractivity contribution in [3.8, 4) is 5.75 Å². The van der Waals surface area contributed by atoms with E-state index in [2.05, 4.69) is 15.0 Å². The van der Waals surface area contributed by atoms with Crippen LogP contribution < -0.4 is 10.1 Å². The molecule has 2 saturated heterocycles. The molecule has 28 heavy (non-hydrogen) atoms. The number of likely N-dealkylation sites (tertiary alicyclic amines) is 1. The fourth-order valence-corrected chi connectivity index (χ4v) is 3.52. The van der Waals surface area contributed by atoms with E-state index in [1.165, 1.54) is 12.1 Å². The summed E-state index contributed by atoms with van der Waals surface area (Å²) in [5.41, 5.74) is 0.225. The van der Waals surface area contributed by atoms with Crippen LogP contribution >= 0.6 is 0 Å². The topological polar surface area (TPSA) is 65.1 Å². The second-order valence-corrected chi connectivity index (χ2v) is 7.06. The van der Waals surface area contributed by atoms with Crippen LogP contribution in [0.1, 0.15) is 12.8 Å². The maximum Gasteiger partial charge on any atom is 0.387 e. The van der Waals surface area contributed by atoms with Gasteiger partial charge in [0.05, 0.1) is 18.8 Å². The number of halogens is 2. The van der Waals surface area contributed by atoms with Crippen molar-refractivity contribution in [2.45, 2.75) is 19.5 Å². The number of carbonyl (C=O) groups excluding carboxylic acids is 2. The zero-order chi connectivity index (χ0) is 19.9. The highest BCUT2D eigenvalue weighted by atomic mass is 19.3. The molecule has 154 valence electrons. The third kappa shape index (κ3) is 5.87. The molecule has 0 aliphatic carbocycles. The molecule has 0 bridgehead atoms. The molecule has 0 spiro atoms. The summed E-state index contributed by atoms with van der Waals surface area (Å²) in [6.45, 7) is 2.15. The molecule has 0 atom stereocenters. The molecule has 0 radical (unpaired) electrons. The van der Waals surface area contributed by atoms with Gasteiger partial charge in [-0.05, 0) is 25.0 Å². The third-order valence-corrected chi connectivity index (χ3v) is 5.03. The summed E-state index contributed by atoms with van der Waals surface area (Å²) in [6.07, 6.45) is 2.17. The Balaban J connectivity index is 1.42. The monoisotopic (exact) mass is 396 g/mol. The summed E-state index contributed by atoms with van der Waals surface area (Å²) in [7, 11) is 0. The summed E-state index contributed by atoms with van der Waals surface area (Å²) < 4.78 is 29.3. The Morgan fingerprint density at radius 2 is 1.57 bits per heavy atom. The van der Waals surface area contributed by atoms with Crippen LogP contribution in [0.25, 0.3) is 0 Å². The maximum atomic E-state index is 12.5. The van der Waals surface area contributed by atoms with Gasteiger partial charge in [-0.2, -0.15) is 8.78 Å². The SMILES string of the molecule is O=C(CN1CCN(CC(=O)N2CCCC2)CC1)Nc1ccccc1OC(F)F. The van der Waals surface area contributed by atoms with Crippen molar-refractivity contribution in [2.24, 2.45) is 0 Å². The van der Waals surface area contributed by atoms with Gasteiger partial charge < -0.3 is 15.0 Å². The van der Waals surface area contributed by atoms with Crippen molar-refractivity contribution >= 4 is 17.5 Å². The van der Waals surface area contributed by atoms with Crippen LogP contribution in [0.5, 0.6) is 5.75 Å². The lowest BCUT2D eigenvalue weighted by Crippen LogP contribution is -2.51. The molecule has 1 aromatic carbocycles. The van der Waals surface area contributed by atoms with Gasteiger partial charge in [0.25, 0.3) is 0 Å². The first-order chi connectivity index (χ1) is 13.5. The summed E-state index contributed by atoms with van der Waals surface area (Å²) in [4.78, 5) is 30.5. The van der Waals surface area contributed by atoms with Gasteiger partial charge in [0, 0.05) is 39.3 Å². The smallest absolute Gasteiger partial charge is 0.387 e. The van der Waals surface area contributed by atoms with Gasteiger partial charge in [-0.25, -0.2) is 0 Å². The van der Waals surface area contributed by atoms with Crippen LogP contribution in [0.15, 0.2) is 24.3 Å². The number of benzene rings is 1. The number of hydrogen-bond acceptors (Lipinski definition) is 5. The minimum absolute atomic E-state index is 0.0592. The number of para-hydroxylation sites is 2. The quantitative estimate of drug-likeness (QED) is 0.756. The highest BCUT2D eigenvalue weighted by molar-refractivity contribution is 5.93. The number of nitrogens with zero attached hydrogens (tertiary/aromatic N) is 3. The predicted molar refractivity (Wildman–Crippen MR) is 100 cm³/mol. The number of carbonyl (C=O) groups is 2. The zero-order valence-electron chi connectivity index (χ0n) is 15.8. The molecule has 1 aromatic rings. The van der Waals surface area contributed by atoms with E-state index >= 15 is 0 Å². The van der Waals surface area contributed by atoms with E-state index < -0.39 is 6.61 Å². The second kappa shape index (κ2) is 9.79. The molecule has 0 unspecified atom stereocenters. The lowest BCUT2D eigenvalue weighted by molar-refractivity contribution is -0.132. The normalized spacial score (nSPS) is 18.5. The van der Waals surface area contributed by atoms with Gasteiger partial charge in [0.15, 0.2) is 0 Å². The molecule has 0 saturated carbocycles. The first-order valence-corrected chi connectivity index (χ1v) is 9.57. The standard InChI is InChI=1S/C19H26F2N4O3/c20-19(21)28-16-6-2-1-5-15(16)22-17(26)13-23-9-11-24(12-10-23)14-18(27)25-7-3-4-8-25/h1-2,5-6,19H,3-4,7-14H2,(H,22,26). The van der Waals surface area contributed by atoms with Crippen LogP contribution in [0.2, 0.25) is 0 Å². The molecule has 2 amide bonds. The third-order valence-electron chi connectivity index (χ3n) is 5.03. The summed E-state index contributed by atoms with van der Waals surface area (Å²) in [5, 5.41) is 2.63. The lowest BCUT2D eigenvalue weighted by atomic mass is 10.2. The molecule has 1 N–H and O–H groups in total. The number of anilines is 1. The van der Waals surface area contributed by atoms with Crippen molar-refractivity contribution < 1.29 is 23.1 Å². The fourth-order valence-electron chi connectivity index (χ4n) is 3.52. The molecule has 7 nitrogen and oxygen atoms in total. The van der Waals surface area contributed by atoms with Crippen LogP contribution in [-0.4, -0.2) is 85.5 Å². The average Bonchev–Trinajstić information content (AvgIpc) is 3.19. The van der Waals surface area contributed by atoms with Crippen molar-refractivity contribution in [3.63, 3.8) is 0 Å². The van der Waals surface area contributed by atoms with Crippen LogP contribution in [0, 0.1) is 0 Å².